The molecule has 0 spiro atoms. The molecule has 1 aromatic carbocycles. The largest absolute Gasteiger partial charge is 0.497 e. The Labute approximate surface area is 166 Å². The topological polar surface area (TPSA) is 84.4 Å². The van der Waals surface area contributed by atoms with Crippen LogP contribution >= 0.6 is 11.3 Å². The molecule has 2 amide bonds. The van der Waals surface area contributed by atoms with Crippen LogP contribution in [0.2, 0.25) is 0 Å². The molecule has 0 radical (unpaired) electrons. The molecule has 7 nitrogen and oxygen atoms in total. The van der Waals surface area contributed by atoms with Crippen LogP contribution in [0, 0.1) is 0 Å². The molecule has 28 heavy (non-hydrogen) atoms. The summed E-state index contributed by atoms with van der Waals surface area (Å²) in [5.41, 5.74) is 1.86. The Morgan fingerprint density at radius 1 is 1.21 bits per heavy atom. The maximum absolute atomic E-state index is 12.8. The second-order valence-corrected chi connectivity index (χ2v) is 7.35. The van der Waals surface area contributed by atoms with Gasteiger partial charge in [-0.15, -0.1) is 0 Å². The Kier molecular flexibility index (Phi) is 5.03. The normalized spacial score (nSPS) is 13.0. The number of nitrogens with one attached hydrogen (secondary N) is 1. The minimum atomic E-state index is -0.295. The van der Waals surface area contributed by atoms with Gasteiger partial charge in [-0.25, -0.2) is 4.98 Å². The Morgan fingerprint density at radius 2 is 2.11 bits per heavy atom. The Balaban J connectivity index is 1.47. The Hall–Kier alpha value is -3.26. The van der Waals surface area contributed by atoms with Crippen molar-refractivity contribution in [1.29, 1.82) is 0 Å². The van der Waals surface area contributed by atoms with Gasteiger partial charge in [0.05, 0.1) is 19.3 Å². The van der Waals surface area contributed by atoms with Gasteiger partial charge in [0.25, 0.3) is 11.8 Å². The van der Waals surface area contributed by atoms with Crippen molar-refractivity contribution in [3.05, 3.63) is 70.5 Å². The number of fused-ring (bicyclic) bond motifs is 1. The Bertz CT molecular complexity index is 1020. The van der Waals surface area contributed by atoms with Crippen molar-refractivity contribution < 1.29 is 14.3 Å². The molecule has 0 atom stereocenters. The van der Waals surface area contributed by atoms with Crippen molar-refractivity contribution in [3.63, 3.8) is 0 Å². The molecule has 0 aliphatic carbocycles. The van der Waals surface area contributed by atoms with Crippen molar-refractivity contribution in [2.45, 2.75) is 13.0 Å². The molecule has 1 aliphatic heterocycles. The number of hydrogen-bond donors (Lipinski definition) is 1. The molecule has 0 bridgehead atoms. The lowest BCUT2D eigenvalue weighted by molar-refractivity contribution is 0.0735. The van der Waals surface area contributed by atoms with E-state index in [9.17, 15) is 9.59 Å². The first-order valence-corrected chi connectivity index (χ1v) is 9.60. The number of nitrogens with zero attached hydrogens (tertiary/aromatic N) is 3. The van der Waals surface area contributed by atoms with Gasteiger partial charge in [0.1, 0.15) is 11.4 Å². The van der Waals surface area contributed by atoms with Crippen LogP contribution in [-0.4, -0.2) is 40.3 Å². The molecule has 1 aliphatic rings. The minimum absolute atomic E-state index is 0.0444. The second-order valence-electron chi connectivity index (χ2n) is 6.27. The van der Waals surface area contributed by atoms with E-state index in [1.54, 1.807) is 54.6 Å². The maximum atomic E-state index is 12.8. The van der Waals surface area contributed by atoms with Crippen molar-refractivity contribution in [1.82, 2.24) is 14.9 Å². The number of amides is 2. The lowest BCUT2D eigenvalue weighted by atomic mass is 10.1. The third-order valence-electron chi connectivity index (χ3n) is 4.45. The number of benzene rings is 1. The van der Waals surface area contributed by atoms with Crippen molar-refractivity contribution in [2.24, 2.45) is 0 Å². The zero-order chi connectivity index (χ0) is 19.5. The summed E-state index contributed by atoms with van der Waals surface area (Å²) in [4.78, 5) is 36.4. The highest BCUT2D eigenvalue weighted by atomic mass is 32.1. The van der Waals surface area contributed by atoms with E-state index >= 15 is 0 Å². The predicted octanol–water partition coefficient (Wildman–Crippen LogP) is 3.00. The van der Waals surface area contributed by atoms with Crippen molar-refractivity contribution in [3.8, 4) is 5.75 Å². The standard InChI is InChI=1S/C20H18N4O3S/c1-27-14-6-4-5-13(11-14)19(26)24-10-8-15-17(12-24)28-20(22-15)23-18(25)16-7-2-3-9-21-16/h2-7,9,11H,8,10,12H2,1H3,(H,22,23,25). The zero-order valence-electron chi connectivity index (χ0n) is 15.2. The SMILES string of the molecule is COc1cccc(C(=O)N2CCc3nc(NC(=O)c4ccccn4)sc3C2)c1. The number of pyridine rings is 1. The van der Waals surface area contributed by atoms with Crippen molar-refractivity contribution in [2.75, 3.05) is 19.0 Å². The summed E-state index contributed by atoms with van der Waals surface area (Å²) in [6.45, 7) is 1.06. The molecule has 0 unspecified atom stereocenters. The smallest absolute Gasteiger partial charge is 0.276 e. The molecule has 0 fully saturated rings. The fourth-order valence-electron chi connectivity index (χ4n) is 3.02. The van der Waals surface area contributed by atoms with E-state index < -0.39 is 0 Å². The number of thiazole rings is 1. The fourth-order valence-corrected chi connectivity index (χ4v) is 4.04. The van der Waals surface area contributed by atoms with Gasteiger partial charge in [-0.1, -0.05) is 23.5 Å². The molecule has 4 rings (SSSR count). The van der Waals surface area contributed by atoms with E-state index in [2.05, 4.69) is 15.3 Å². The number of rotatable bonds is 4. The predicted molar refractivity (Wildman–Crippen MR) is 106 cm³/mol. The van der Waals surface area contributed by atoms with E-state index in [0.717, 1.165) is 10.6 Å². The summed E-state index contributed by atoms with van der Waals surface area (Å²) >= 11 is 1.39. The highest BCUT2D eigenvalue weighted by molar-refractivity contribution is 7.15. The quantitative estimate of drug-likeness (QED) is 0.735. The molecule has 8 heteroatoms. The molecule has 0 saturated carbocycles. The summed E-state index contributed by atoms with van der Waals surface area (Å²) in [5, 5.41) is 3.32. The Morgan fingerprint density at radius 3 is 2.89 bits per heavy atom. The van der Waals surface area contributed by atoms with Crippen LogP contribution in [0.1, 0.15) is 31.4 Å². The maximum Gasteiger partial charge on any atom is 0.276 e. The van der Waals surface area contributed by atoms with Gasteiger partial charge in [0.2, 0.25) is 0 Å². The van der Waals surface area contributed by atoms with Gasteiger partial charge in [-0.2, -0.15) is 0 Å². The van der Waals surface area contributed by atoms with Crippen LogP contribution in [0.15, 0.2) is 48.7 Å². The van der Waals surface area contributed by atoms with Crippen LogP contribution in [-0.2, 0) is 13.0 Å². The summed E-state index contributed by atoms with van der Waals surface area (Å²) in [7, 11) is 1.58. The second kappa shape index (κ2) is 7.77. The number of methoxy groups -OCH3 is 1. The van der Waals surface area contributed by atoms with Crippen molar-refractivity contribution >= 4 is 28.3 Å². The zero-order valence-corrected chi connectivity index (χ0v) is 16.0. The molecule has 1 N–H and O–H groups in total. The monoisotopic (exact) mass is 394 g/mol. The summed E-state index contributed by atoms with van der Waals surface area (Å²) in [6.07, 6.45) is 2.23. The summed E-state index contributed by atoms with van der Waals surface area (Å²) < 4.78 is 5.20. The molecular weight excluding hydrogens is 376 g/mol. The molecule has 3 heterocycles. The van der Waals surface area contributed by atoms with Gasteiger partial charge < -0.3 is 9.64 Å². The van der Waals surface area contributed by atoms with Crippen LogP contribution in [0.3, 0.4) is 0 Å². The first-order valence-electron chi connectivity index (χ1n) is 8.78. The lowest BCUT2D eigenvalue weighted by Crippen LogP contribution is -2.35. The summed E-state index contributed by atoms with van der Waals surface area (Å²) in [5.74, 6) is 0.314. The first-order chi connectivity index (χ1) is 13.6. The van der Waals surface area contributed by atoms with Gasteiger partial charge >= 0.3 is 0 Å². The number of hydrogen-bond acceptors (Lipinski definition) is 6. The van der Waals surface area contributed by atoms with E-state index in [4.69, 9.17) is 4.74 Å². The average Bonchev–Trinajstić information content (AvgIpc) is 3.15. The average molecular weight is 394 g/mol. The van der Waals surface area contributed by atoms with E-state index in [1.807, 2.05) is 6.07 Å². The third kappa shape index (κ3) is 3.72. The third-order valence-corrected chi connectivity index (χ3v) is 5.45. The molecule has 3 aromatic rings. The lowest BCUT2D eigenvalue weighted by Gasteiger charge is -2.26. The minimum Gasteiger partial charge on any atom is -0.497 e. The number of carbonyl (C=O) groups excluding carboxylic acids is 2. The van der Waals surface area contributed by atoms with E-state index in [0.29, 0.717) is 41.6 Å². The number of aromatic nitrogens is 2. The highest BCUT2D eigenvalue weighted by Gasteiger charge is 2.25. The van der Waals surface area contributed by atoms with Crippen LogP contribution in [0.5, 0.6) is 5.75 Å². The number of anilines is 1. The van der Waals surface area contributed by atoms with Crippen LogP contribution < -0.4 is 10.1 Å². The van der Waals surface area contributed by atoms with Gasteiger partial charge in [0.15, 0.2) is 5.13 Å². The highest BCUT2D eigenvalue weighted by Crippen LogP contribution is 2.29. The molecule has 0 saturated heterocycles. The molecular formula is C20H18N4O3S. The number of carbonyl (C=O) groups is 2. The molecule has 142 valence electrons. The van der Waals surface area contributed by atoms with E-state index in [-0.39, 0.29) is 11.8 Å². The van der Waals surface area contributed by atoms with Gasteiger partial charge in [-0.3, -0.25) is 19.9 Å². The van der Waals surface area contributed by atoms with Crippen LogP contribution in [0.25, 0.3) is 0 Å². The first kappa shape index (κ1) is 18.1. The summed E-state index contributed by atoms with van der Waals surface area (Å²) in [6, 6.07) is 12.3. The van der Waals surface area contributed by atoms with E-state index in [1.165, 1.54) is 11.3 Å². The molecule has 2 aromatic heterocycles. The van der Waals surface area contributed by atoms with Gasteiger partial charge in [-0.05, 0) is 30.3 Å². The van der Waals surface area contributed by atoms with Gasteiger partial charge in [0, 0.05) is 29.6 Å². The fraction of sp³-hybridized carbons (Fsp3) is 0.200. The number of ether oxygens (including phenoxy) is 1. The van der Waals surface area contributed by atoms with Crippen LogP contribution in [0.4, 0.5) is 5.13 Å².